The van der Waals surface area contributed by atoms with Crippen molar-refractivity contribution in [1.82, 2.24) is 10.2 Å². The lowest BCUT2D eigenvalue weighted by atomic mass is 9.99. The van der Waals surface area contributed by atoms with E-state index >= 15 is 0 Å². The first kappa shape index (κ1) is 20.4. The van der Waals surface area contributed by atoms with Gasteiger partial charge in [-0.1, -0.05) is 37.3 Å². The molecule has 1 fully saturated rings. The van der Waals surface area contributed by atoms with Gasteiger partial charge in [-0.25, -0.2) is 0 Å². The first-order valence-electron chi connectivity index (χ1n) is 10.7. The third-order valence-corrected chi connectivity index (χ3v) is 5.80. The van der Waals surface area contributed by atoms with E-state index in [-0.39, 0.29) is 11.8 Å². The predicted molar refractivity (Wildman–Crippen MR) is 116 cm³/mol. The summed E-state index contributed by atoms with van der Waals surface area (Å²) in [6, 6.07) is 13.6. The van der Waals surface area contributed by atoms with Gasteiger partial charge in [0.05, 0.1) is 11.3 Å². The minimum atomic E-state index is -0.623. The van der Waals surface area contributed by atoms with Crippen molar-refractivity contribution in [3.8, 4) is 5.75 Å². The molecule has 0 aromatic heterocycles. The maximum atomic E-state index is 12.7. The highest BCUT2D eigenvalue weighted by molar-refractivity contribution is 6.03. The summed E-state index contributed by atoms with van der Waals surface area (Å²) in [5, 5.41) is 5.73. The summed E-state index contributed by atoms with van der Waals surface area (Å²) >= 11 is 0. The van der Waals surface area contributed by atoms with E-state index in [4.69, 9.17) is 4.74 Å². The zero-order valence-electron chi connectivity index (χ0n) is 17.6. The van der Waals surface area contributed by atoms with E-state index in [1.807, 2.05) is 0 Å². The van der Waals surface area contributed by atoms with E-state index < -0.39 is 6.10 Å². The van der Waals surface area contributed by atoms with Crippen molar-refractivity contribution in [2.75, 3.05) is 18.4 Å². The standard InChI is InChI=1S/C24H29N3O3/c1-16-5-4-12-27(14-16)15-19-10-8-18(9-11-19)13-25-24(29)20-6-3-7-21-22(20)30-17(2)23(28)26-21/h3,6-11,16-17H,4-5,12-15H2,1-2H3,(H,25,29)(H,26,28). The number of para-hydroxylation sites is 1. The summed E-state index contributed by atoms with van der Waals surface area (Å²) in [5.41, 5.74) is 3.30. The van der Waals surface area contributed by atoms with Crippen molar-refractivity contribution in [3.63, 3.8) is 0 Å². The van der Waals surface area contributed by atoms with Crippen LogP contribution in [0.4, 0.5) is 5.69 Å². The lowest BCUT2D eigenvalue weighted by Gasteiger charge is -2.30. The molecule has 0 spiro atoms. The number of ether oxygens (including phenoxy) is 1. The van der Waals surface area contributed by atoms with Crippen molar-refractivity contribution in [2.24, 2.45) is 5.92 Å². The molecule has 158 valence electrons. The average Bonchev–Trinajstić information content (AvgIpc) is 2.73. The number of hydrogen-bond acceptors (Lipinski definition) is 4. The van der Waals surface area contributed by atoms with Gasteiger partial charge in [0.15, 0.2) is 11.9 Å². The Kier molecular flexibility index (Phi) is 6.04. The molecule has 0 bridgehead atoms. The van der Waals surface area contributed by atoms with Gasteiger partial charge in [0, 0.05) is 19.6 Å². The molecule has 1 saturated heterocycles. The molecule has 2 atom stereocenters. The van der Waals surface area contributed by atoms with Crippen molar-refractivity contribution in [3.05, 3.63) is 59.2 Å². The van der Waals surface area contributed by atoms with Gasteiger partial charge in [0.1, 0.15) is 0 Å². The Bertz CT molecular complexity index is 926. The van der Waals surface area contributed by atoms with Crippen LogP contribution in [0.1, 0.15) is 48.2 Å². The van der Waals surface area contributed by atoms with Gasteiger partial charge < -0.3 is 15.4 Å². The first-order chi connectivity index (χ1) is 14.5. The van der Waals surface area contributed by atoms with Gasteiger partial charge in [-0.05, 0) is 55.5 Å². The second kappa shape index (κ2) is 8.88. The predicted octanol–water partition coefficient (Wildman–Crippen LogP) is 3.57. The number of fused-ring (bicyclic) bond motifs is 1. The Labute approximate surface area is 177 Å². The molecule has 6 nitrogen and oxygen atoms in total. The minimum absolute atomic E-state index is 0.209. The largest absolute Gasteiger partial charge is 0.478 e. The number of rotatable bonds is 5. The molecule has 2 aliphatic rings. The van der Waals surface area contributed by atoms with Crippen molar-refractivity contribution in [2.45, 2.75) is 45.9 Å². The highest BCUT2D eigenvalue weighted by atomic mass is 16.5. The van der Waals surface area contributed by atoms with Crippen LogP contribution < -0.4 is 15.4 Å². The molecular weight excluding hydrogens is 378 g/mol. The highest BCUT2D eigenvalue weighted by Crippen LogP contribution is 2.33. The molecule has 6 heteroatoms. The molecule has 2 aromatic carbocycles. The Balaban J connectivity index is 1.35. The van der Waals surface area contributed by atoms with E-state index in [1.165, 1.54) is 31.5 Å². The first-order valence-corrected chi connectivity index (χ1v) is 10.7. The van der Waals surface area contributed by atoms with Crippen LogP contribution in [0.5, 0.6) is 5.75 Å². The Hall–Kier alpha value is -2.86. The molecule has 4 rings (SSSR count). The van der Waals surface area contributed by atoms with Crippen LogP contribution in [-0.2, 0) is 17.9 Å². The van der Waals surface area contributed by atoms with E-state index in [9.17, 15) is 9.59 Å². The van der Waals surface area contributed by atoms with Gasteiger partial charge in [-0.15, -0.1) is 0 Å². The van der Waals surface area contributed by atoms with Crippen molar-refractivity contribution >= 4 is 17.5 Å². The highest BCUT2D eigenvalue weighted by Gasteiger charge is 2.27. The van der Waals surface area contributed by atoms with E-state index in [0.717, 1.165) is 18.0 Å². The number of amides is 2. The Morgan fingerprint density at radius 2 is 1.93 bits per heavy atom. The maximum Gasteiger partial charge on any atom is 0.265 e. The van der Waals surface area contributed by atoms with Crippen LogP contribution in [0.2, 0.25) is 0 Å². The van der Waals surface area contributed by atoms with Crippen molar-refractivity contribution in [1.29, 1.82) is 0 Å². The second-order valence-corrected chi connectivity index (χ2v) is 8.41. The second-order valence-electron chi connectivity index (χ2n) is 8.41. The van der Waals surface area contributed by atoms with Crippen molar-refractivity contribution < 1.29 is 14.3 Å². The quantitative estimate of drug-likeness (QED) is 0.795. The SMILES string of the molecule is CC1CCCN(Cc2ccc(CNC(=O)c3cccc4c3OC(C)C(=O)N4)cc2)C1. The summed E-state index contributed by atoms with van der Waals surface area (Å²) in [7, 11) is 0. The summed E-state index contributed by atoms with van der Waals surface area (Å²) in [6.07, 6.45) is 1.98. The summed E-state index contributed by atoms with van der Waals surface area (Å²) in [4.78, 5) is 27.0. The molecule has 0 radical (unpaired) electrons. The van der Waals surface area contributed by atoms with Gasteiger partial charge in [0.2, 0.25) is 0 Å². The molecular formula is C24H29N3O3. The van der Waals surface area contributed by atoms with E-state index in [1.54, 1.807) is 25.1 Å². The van der Waals surface area contributed by atoms with Crippen LogP contribution >= 0.6 is 0 Å². The fourth-order valence-electron chi connectivity index (χ4n) is 4.13. The number of anilines is 1. The van der Waals surface area contributed by atoms with Crippen LogP contribution in [0.25, 0.3) is 0 Å². The number of piperidine rings is 1. The van der Waals surface area contributed by atoms with E-state index in [2.05, 4.69) is 46.7 Å². The molecule has 2 aliphatic heterocycles. The fraction of sp³-hybridized carbons (Fsp3) is 0.417. The minimum Gasteiger partial charge on any atom is -0.478 e. The lowest BCUT2D eigenvalue weighted by Crippen LogP contribution is -2.35. The third kappa shape index (κ3) is 4.65. The number of benzene rings is 2. The van der Waals surface area contributed by atoms with Gasteiger partial charge in [-0.2, -0.15) is 0 Å². The van der Waals surface area contributed by atoms with Gasteiger partial charge >= 0.3 is 0 Å². The van der Waals surface area contributed by atoms with Gasteiger partial charge in [-0.3, -0.25) is 14.5 Å². The zero-order valence-corrected chi connectivity index (χ0v) is 17.6. The average molecular weight is 408 g/mol. The van der Waals surface area contributed by atoms with Gasteiger partial charge in [0.25, 0.3) is 11.8 Å². The molecule has 30 heavy (non-hydrogen) atoms. The summed E-state index contributed by atoms with van der Waals surface area (Å²) < 4.78 is 5.67. The zero-order chi connectivity index (χ0) is 21.1. The number of carbonyl (C=O) groups is 2. The fourth-order valence-corrected chi connectivity index (χ4v) is 4.13. The van der Waals surface area contributed by atoms with Crippen LogP contribution in [0.15, 0.2) is 42.5 Å². The molecule has 2 aromatic rings. The number of hydrogen-bond donors (Lipinski definition) is 2. The molecule has 0 aliphatic carbocycles. The smallest absolute Gasteiger partial charge is 0.265 e. The molecule has 2 unspecified atom stereocenters. The molecule has 0 saturated carbocycles. The van der Waals surface area contributed by atoms with Crippen LogP contribution in [0, 0.1) is 5.92 Å². The topological polar surface area (TPSA) is 70.7 Å². The van der Waals surface area contributed by atoms with Crippen LogP contribution in [-0.4, -0.2) is 35.9 Å². The molecule has 2 amide bonds. The maximum absolute atomic E-state index is 12.7. The normalized spacial score (nSPS) is 21.3. The molecule has 2 N–H and O–H groups in total. The summed E-state index contributed by atoms with van der Waals surface area (Å²) in [5.74, 6) is 0.770. The lowest BCUT2D eigenvalue weighted by molar-refractivity contribution is -0.122. The third-order valence-electron chi connectivity index (χ3n) is 5.80. The Morgan fingerprint density at radius 1 is 1.17 bits per heavy atom. The number of nitrogens with zero attached hydrogens (tertiary/aromatic N) is 1. The van der Waals surface area contributed by atoms with Crippen LogP contribution in [0.3, 0.4) is 0 Å². The number of carbonyl (C=O) groups excluding carboxylic acids is 2. The Morgan fingerprint density at radius 3 is 2.70 bits per heavy atom. The number of likely N-dealkylation sites (tertiary alicyclic amines) is 1. The van der Waals surface area contributed by atoms with E-state index in [0.29, 0.717) is 23.5 Å². The monoisotopic (exact) mass is 407 g/mol. The summed E-state index contributed by atoms with van der Waals surface area (Å²) in [6.45, 7) is 7.74. The molecule has 2 heterocycles. The number of nitrogens with one attached hydrogen (secondary N) is 2.